The quantitative estimate of drug-likeness (QED) is 0.668. The number of fused-ring (bicyclic) bond motifs is 3. The van der Waals surface area contributed by atoms with Gasteiger partial charge >= 0.3 is 0 Å². The van der Waals surface area contributed by atoms with Gasteiger partial charge in [-0.1, -0.05) is 12.1 Å². The summed E-state index contributed by atoms with van der Waals surface area (Å²) in [5.41, 5.74) is 4.37. The third-order valence-corrected chi connectivity index (χ3v) is 5.68. The minimum absolute atomic E-state index is 0.324. The topological polar surface area (TPSA) is 50.3 Å². The molecule has 2 aromatic heterocycles. The van der Waals surface area contributed by atoms with Crippen molar-refractivity contribution in [2.75, 3.05) is 12.4 Å². The lowest BCUT2D eigenvalue weighted by Crippen LogP contribution is -2.21. The van der Waals surface area contributed by atoms with E-state index < -0.39 is 0 Å². The summed E-state index contributed by atoms with van der Waals surface area (Å²) < 4.78 is 7.98. The van der Waals surface area contributed by atoms with Gasteiger partial charge in [0.15, 0.2) is 5.65 Å². The van der Waals surface area contributed by atoms with E-state index in [1.807, 2.05) is 25.1 Å². The Morgan fingerprint density at radius 2 is 2.25 bits per heavy atom. The highest BCUT2D eigenvalue weighted by Crippen LogP contribution is 2.30. The number of imidazole rings is 1. The molecular weight excluding hydrogens is 318 g/mol. The van der Waals surface area contributed by atoms with Gasteiger partial charge in [0.2, 0.25) is 0 Å². The Labute approximate surface area is 145 Å². The molecule has 4 rings (SSSR count). The monoisotopic (exact) mass is 337 g/mol. The lowest BCUT2D eigenvalue weighted by molar-refractivity contribution is 0.0315. The number of aryl methyl sites for hydroxylation is 1. The Bertz CT molecular complexity index is 935. The number of rotatable bonds is 3. The average Bonchev–Trinajstić information content (AvgIpc) is 3.00. The van der Waals surface area contributed by atoms with Crippen molar-refractivity contribution in [1.82, 2.24) is 9.38 Å². The molecule has 0 bridgehead atoms. The molecule has 0 saturated carbocycles. The van der Waals surface area contributed by atoms with Gasteiger partial charge < -0.3 is 4.74 Å². The van der Waals surface area contributed by atoms with E-state index in [4.69, 9.17) is 9.72 Å². The molecule has 1 saturated heterocycles. The van der Waals surface area contributed by atoms with Crippen LogP contribution in [0.15, 0.2) is 35.4 Å². The van der Waals surface area contributed by atoms with Crippen LogP contribution in [0.5, 0.6) is 0 Å². The van der Waals surface area contributed by atoms with Crippen molar-refractivity contribution < 1.29 is 4.74 Å². The number of pyridine rings is 1. The van der Waals surface area contributed by atoms with Crippen LogP contribution in [0.1, 0.15) is 30.4 Å². The molecule has 122 valence electrons. The number of thioether (sulfide) groups is 1. The molecule has 3 aromatic rings. The van der Waals surface area contributed by atoms with E-state index in [-0.39, 0.29) is 0 Å². The SMILES string of the molecule is Cc1cc(SCC2CCCCO2)n2c(nc3ccccc32)c1C#N. The Morgan fingerprint density at radius 3 is 3.04 bits per heavy atom. The Hall–Kier alpha value is -2.03. The Morgan fingerprint density at radius 1 is 1.38 bits per heavy atom. The first-order valence-electron chi connectivity index (χ1n) is 8.33. The normalized spacial score (nSPS) is 18.1. The number of para-hydroxylation sites is 2. The predicted molar refractivity (Wildman–Crippen MR) is 96.5 cm³/mol. The van der Waals surface area contributed by atoms with Gasteiger partial charge in [-0.2, -0.15) is 5.26 Å². The number of hydrogen-bond donors (Lipinski definition) is 0. The van der Waals surface area contributed by atoms with Crippen molar-refractivity contribution in [1.29, 1.82) is 5.26 Å². The molecule has 0 aliphatic carbocycles. The summed E-state index contributed by atoms with van der Waals surface area (Å²) in [4.78, 5) is 4.70. The summed E-state index contributed by atoms with van der Waals surface area (Å²) in [5, 5.41) is 10.7. The van der Waals surface area contributed by atoms with Crippen molar-refractivity contribution in [3.8, 4) is 6.07 Å². The van der Waals surface area contributed by atoms with Gasteiger partial charge in [-0.3, -0.25) is 4.40 Å². The van der Waals surface area contributed by atoms with Crippen LogP contribution in [0.2, 0.25) is 0 Å². The molecule has 4 nitrogen and oxygen atoms in total. The highest BCUT2D eigenvalue weighted by Gasteiger charge is 2.18. The van der Waals surface area contributed by atoms with Gasteiger partial charge in [0.05, 0.1) is 27.7 Å². The molecule has 1 aliphatic rings. The number of benzene rings is 1. The molecule has 1 atom stereocenters. The maximum atomic E-state index is 9.54. The van der Waals surface area contributed by atoms with E-state index in [1.54, 1.807) is 11.8 Å². The first-order chi connectivity index (χ1) is 11.8. The van der Waals surface area contributed by atoms with Crippen molar-refractivity contribution in [3.63, 3.8) is 0 Å². The molecule has 5 heteroatoms. The third kappa shape index (κ3) is 2.66. The van der Waals surface area contributed by atoms with Crippen LogP contribution in [0.3, 0.4) is 0 Å². The molecule has 0 spiro atoms. The first-order valence-corrected chi connectivity index (χ1v) is 9.32. The second-order valence-electron chi connectivity index (χ2n) is 6.21. The molecule has 0 N–H and O–H groups in total. The number of nitrogens with zero attached hydrogens (tertiary/aromatic N) is 3. The average molecular weight is 337 g/mol. The third-order valence-electron chi connectivity index (χ3n) is 4.54. The maximum absolute atomic E-state index is 9.54. The molecule has 0 amide bonds. The van der Waals surface area contributed by atoms with E-state index >= 15 is 0 Å². The van der Waals surface area contributed by atoms with E-state index in [9.17, 15) is 5.26 Å². The smallest absolute Gasteiger partial charge is 0.157 e. The largest absolute Gasteiger partial charge is 0.377 e. The highest BCUT2D eigenvalue weighted by atomic mass is 32.2. The van der Waals surface area contributed by atoms with Crippen molar-refractivity contribution in [2.45, 2.75) is 37.3 Å². The van der Waals surface area contributed by atoms with Crippen LogP contribution in [-0.4, -0.2) is 27.8 Å². The lowest BCUT2D eigenvalue weighted by Gasteiger charge is -2.22. The van der Waals surface area contributed by atoms with Crippen molar-refractivity contribution in [2.24, 2.45) is 0 Å². The summed E-state index contributed by atoms with van der Waals surface area (Å²) in [6.45, 7) is 2.86. The molecule has 1 unspecified atom stereocenters. The van der Waals surface area contributed by atoms with Gasteiger partial charge in [-0.15, -0.1) is 11.8 Å². The van der Waals surface area contributed by atoms with Gasteiger partial charge in [0.25, 0.3) is 0 Å². The minimum Gasteiger partial charge on any atom is -0.377 e. The summed E-state index contributed by atoms with van der Waals surface area (Å²) in [6, 6.07) is 12.5. The van der Waals surface area contributed by atoms with E-state index in [0.29, 0.717) is 11.7 Å². The standard InChI is InChI=1S/C19H19N3OS/c1-13-10-18(24-12-14-6-4-5-9-23-14)22-17-8-3-2-7-16(17)21-19(22)15(13)11-20/h2-3,7-8,10,14H,4-6,9,12H2,1H3. The summed E-state index contributed by atoms with van der Waals surface area (Å²) in [7, 11) is 0. The minimum atomic E-state index is 0.324. The fourth-order valence-corrected chi connectivity index (χ4v) is 4.47. The summed E-state index contributed by atoms with van der Waals surface area (Å²) in [6.07, 6.45) is 3.88. The van der Waals surface area contributed by atoms with E-state index in [0.717, 1.165) is 46.1 Å². The number of ether oxygens (including phenoxy) is 1. The highest BCUT2D eigenvalue weighted by molar-refractivity contribution is 7.99. The molecule has 0 radical (unpaired) electrons. The fourth-order valence-electron chi connectivity index (χ4n) is 3.28. The Kier molecular flexibility index (Phi) is 4.17. The van der Waals surface area contributed by atoms with Crippen LogP contribution in [-0.2, 0) is 4.74 Å². The summed E-state index contributed by atoms with van der Waals surface area (Å²) >= 11 is 1.80. The zero-order chi connectivity index (χ0) is 16.5. The first kappa shape index (κ1) is 15.5. The molecular formula is C19H19N3OS. The summed E-state index contributed by atoms with van der Waals surface area (Å²) in [5.74, 6) is 0.937. The zero-order valence-electron chi connectivity index (χ0n) is 13.7. The van der Waals surface area contributed by atoms with Gasteiger partial charge in [-0.05, 0) is 49.9 Å². The number of hydrogen-bond acceptors (Lipinski definition) is 4. The van der Waals surface area contributed by atoms with Crippen LogP contribution >= 0.6 is 11.8 Å². The second kappa shape index (κ2) is 6.46. The lowest BCUT2D eigenvalue weighted by atomic mass is 10.1. The van der Waals surface area contributed by atoms with Gasteiger partial charge in [0, 0.05) is 12.4 Å². The van der Waals surface area contributed by atoms with Crippen LogP contribution in [0.25, 0.3) is 16.7 Å². The van der Waals surface area contributed by atoms with Crippen molar-refractivity contribution >= 4 is 28.4 Å². The van der Waals surface area contributed by atoms with Crippen LogP contribution in [0, 0.1) is 18.3 Å². The van der Waals surface area contributed by atoms with E-state index in [2.05, 4.69) is 22.6 Å². The predicted octanol–water partition coefficient (Wildman–Crippen LogP) is 4.33. The van der Waals surface area contributed by atoms with Crippen molar-refractivity contribution in [3.05, 3.63) is 41.5 Å². The van der Waals surface area contributed by atoms with Crippen LogP contribution < -0.4 is 0 Å². The molecule has 1 aromatic carbocycles. The van der Waals surface area contributed by atoms with Gasteiger partial charge in [-0.25, -0.2) is 4.98 Å². The zero-order valence-corrected chi connectivity index (χ0v) is 14.5. The van der Waals surface area contributed by atoms with Crippen LogP contribution in [0.4, 0.5) is 0 Å². The maximum Gasteiger partial charge on any atom is 0.157 e. The molecule has 1 aliphatic heterocycles. The van der Waals surface area contributed by atoms with Gasteiger partial charge in [0.1, 0.15) is 6.07 Å². The second-order valence-corrected chi connectivity index (χ2v) is 7.25. The number of nitriles is 1. The number of aromatic nitrogens is 2. The van der Waals surface area contributed by atoms with E-state index in [1.165, 1.54) is 12.8 Å². The molecule has 1 fully saturated rings. The fraction of sp³-hybridized carbons (Fsp3) is 0.368. The molecule has 3 heterocycles. The Balaban J connectivity index is 1.80. The molecule has 24 heavy (non-hydrogen) atoms.